The number of hydrogen-bond acceptors (Lipinski definition) is 3. The molecule has 0 aromatic heterocycles. The van der Waals surface area contributed by atoms with E-state index in [1.165, 1.54) is 0 Å². The molecule has 0 radical (unpaired) electrons. The summed E-state index contributed by atoms with van der Waals surface area (Å²) in [4.78, 5) is 0.515. The summed E-state index contributed by atoms with van der Waals surface area (Å²) < 4.78 is 24.9. The zero-order chi connectivity index (χ0) is 12.5. The molecule has 1 N–H and O–H groups in total. The number of benzene rings is 1. The van der Waals surface area contributed by atoms with Gasteiger partial charge in [0.15, 0.2) is 9.84 Å². The first-order chi connectivity index (χ1) is 8.06. The minimum absolute atomic E-state index is 0.138. The lowest BCUT2D eigenvalue weighted by molar-refractivity contribution is 0.585. The number of sulfone groups is 1. The summed E-state index contributed by atoms with van der Waals surface area (Å²) in [7, 11) is -1.15. The van der Waals surface area contributed by atoms with Crippen molar-refractivity contribution in [3.8, 4) is 0 Å². The van der Waals surface area contributed by atoms with Crippen molar-refractivity contribution in [3.05, 3.63) is 28.2 Å². The van der Waals surface area contributed by atoms with Crippen molar-refractivity contribution >= 4 is 25.8 Å². The van der Waals surface area contributed by atoms with Crippen LogP contribution in [0.15, 0.2) is 27.6 Å². The molecule has 0 saturated heterocycles. The first kappa shape index (κ1) is 13.1. The molecule has 0 fully saturated rings. The molecule has 0 bridgehead atoms. The van der Waals surface area contributed by atoms with E-state index in [1.54, 1.807) is 12.1 Å². The van der Waals surface area contributed by atoms with Gasteiger partial charge in [0.1, 0.15) is 0 Å². The van der Waals surface area contributed by atoms with Gasteiger partial charge in [-0.3, -0.25) is 0 Å². The highest BCUT2D eigenvalue weighted by atomic mass is 79.9. The molecule has 1 aliphatic heterocycles. The Bertz CT molecular complexity index is 513. The maximum absolute atomic E-state index is 12.0. The van der Waals surface area contributed by atoms with E-state index in [0.717, 1.165) is 29.4 Å². The minimum atomic E-state index is -3.06. The molecule has 1 heterocycles. The van der Waals surface area contributed by atoms with Crippen LogP contribution in [0.3, 0.4) is 0 Å². The normalized spacial score (nSPS) is 21.4. The van der Waals surface area contributed by atoms with E-state index in [9.17, 15) is 8.42 Å². The zero-order valence-electron chi connectivity index (χ0n) is 9.74. The van der Waals surface area contributed by atoms with Crippen LogP contribution in [0.4, 0.5) is 0 Å². The van der Waals surface area contributed by atoms with Crippen LogP contribution in [0, 0.1) is 0 Å². The highest BCUT2D eigenvalue weighted by Crippen LogP contribution is 2.41. The topological polar surface area (TPSA) is 46.2 Å². The van der Waals surface area contributed by atoms with E-state index >= 15 is 0 Å². The number of hydrogen-bond donors (Lipinski definition) is 1. The largest absolute Gasteiger partial charge is 0.320 e. The summed E-state index contributed by atoms with van der Waals surface area (Å²) in [5, 5.41) is 3.09. The van der Waals surface area contributed by atoms with Gasteiger partial charge < -0.3 is 5.32 Å². The molecule has 0 aliphatic carbocycles. The fraction of sp³-hybridized carbons (Fsp3) is 0.500. The predicted octanol–water partition coefficient (Wildman–Crippen LogP) is 2.32. The summed E-state index contributed by atoms with van der Waals surface area (Å²) in [6.45, 7) is 0.927. The molecule has 1 aromatic rings. The van der Waals surface area contributed by atoms with E-state index in [2.05, 4.69) is 21.2 Å². The van der Waals surface area contributed by atoms with Gasteiger partial charge in [0.2, 0.25) is 0 Å². The second-order valence-corrected chi connectivity index (χ2v) is 7.23. The lowest BCUT2D eigenvalue weighted by Gasteiger charge is -2.11. The van der Waals surface area contributed by atoms with Crippen molar-refractivity contribution in [1.82, 2.24) is 5.32 Å². The first-order valence-electron chi connectivity index (χ1n) is 5.72. The van der Waals surface area contributed by atoms with Crippen molar-refractivity contribution in [1.29, 1.82) is 0 Å². The monoisotopic (exact) mass is 317 g/mol. The van der Waals surface area contributed by atoms with Crippen LogP contribution in [-0.2, 0) is 9.84 Å². The van der Waals surface area contributed by atoms with E-state index in [0.29, 0.717) is 4.90 Å². The molecule has 5 heteroatoms. The molecule has 1 atom stereocenters. The molecule has 94 valence electrons. The molecular formula is C12H16BrNO2S. The maximum Gasteiger partial charge on any atom is 0.179 e. The summed E-state index contributed by atoms with van der Waals surface area (Å²) in [6.07, 6.45) is 1.91. The standard InChI is InChI=1S/C12H16BrNO2S/c1-14-7-3-4-9-8-17(15,16)11-6-2-5-10(13)12(9)11/h2,5-6,9,14H,3-4,7-8H2,1H3. The van der Waals surface area contributed by atoms with Crippen molar-refractivity contribution in [2.45, 2.75) is 23.7 Å². The number of halogens is 1. The number of fused-ring (bicyclic) bond motifs is 1. The zero-order valence-corrected chi connectivity index (χ0v) is 12.1. The Balaban J connectivity index is 2.30. The van der Waals surface area contributed by atoms with Gasteiger partial charge in [0, 0.05) is 10.4 Å². The SMILES string of the molecule is CNCCCC1CS(=O)(=O)c2cccc(Br)c21. The van der Waals surface area contributed by atoms with Gasteiger partial charge in [0.25, 0.3) is 0 Å². The van der Waals surface area contributed by atoms with Crippen LogP contribution < -0.4 is 5.32 Å². The van der Waals surface area contributed by atoms with E-state index in [4.69, 9.17) is 0 Å². The molecule has 0 spiro atoms. The second kappa shape index (κ2) is 5.08. The molecule has 17 heavy (non-hydrogen) atoms. The lowest BCUT2D eigenvalue weighted by Crippen LogP contribution is -2.10. The molecule has 0 amide bonds. The van der Waals surface area contributed by atoms with Crippen LogP contribution in [0.5, 0.6) is 0 Å². The Hall–Kier alpha value is -0.390. The predicted molar refractivity (Wildman–Crippen MR) is 72.1 cm³/mol. The van der Waals surface area contributed by atoms with Gasteiger partial charge in [-0.25, -0.2) is 8.42 Å². The van der Waals surface area contributed by atoms with Crippen molar-refractivity contribution in [3.63, 3.8) is 0 Å². The molecule has 1 unspecified atom stereocenters. The Morgan fingerprint density at radius 2 is 2.24 bits per heavy atom. The third kappa shape index (κ3) is 2.56. The molecule has 1 aliphatic rings. The summed E-state index contributed by atoms with van der Waals surface area (Å²) in [6, 6.07) is 5.43. The fourth-order valence-corrected chi connectivity index (χ4v) is 5.14. The van der Waals surface area contributed by atoms with Crippen molar-refractivity contribution in [2.75, 3.05) is 19.3 Å². The Morgan fingerprint density at radius 3 is 2.94 bits per heavy atom. The van der Waals surface area contributed by atoms with E-state index < -0.39 is 9.84 Å². The Labute approximate surface area is 111 Å². The first-order valence-corrected chi connectivity index (χ1v) is 8.16. The Kier molecular flexibility index (Phi) is 3.90. The van der Waals surface area contributed by atoms with Gasteiger partial charge in [-0.05, 0) is 44.1 Å². The minimum Gasteiger partial charge on any atom is -0.320 e. The van der Waals surface area contributed by atoms with Crippen LogP contribution in [0.25, 0.3) is 0 Å². The van der Waals surface area contributed by atoms with Gasteiger partial charge in [0.05, 0.1) is 10.6 Å². The van der Waals surface area contributed by atoms with Crippen LogP contribution in [-0.4, -0.2) is 27.8 Å². The van der Waals surface area contributed by atoms with Gasteiger partial charge in [-0.15, -0.1) is 0 Å². The molecule has 0 saturated carbocycles. The molecule has 1 aromatic carbocycles. The van der Waals surface area contributed by atoms with Crippen LogP contribution >= 0.6 is 15.9 Å². The molecular weight excluding hydrogens is 302 g/mol. The highest BCUT2D eigenvalue weighted by Gasteiger charge is 2.35. The summed E-state index contributed by atoms with van der Waals surface area (Å²) >= 11 is 3.47. The Morgan fingerprint density at radius 1 is 1.47 bits per heavy atom. The van der Waals surface area contributed by atoms with Gasteiger partial charge in [-0.1, -0.05) is 22.0 Å². The van der Waals surface area contributed by atoms with Crippen molar-refractivity contribution < 1.29 is 8.42 Å². The summed E-state index contributed by atoms with van der Waals surface area (Å²) in [5.74, 6) is 0.396. The van der Waals surface area contributed by atoms with Gasteiger partial charge in [-0.2, -0.15) is 0 Å². The average molecular weight is 318 g/mol. The lowest BCUT2D eigenvalue weighted by atomic mass is 9.96. The number of rotatable bonds is 4. The second-order valence-electron chi connectivity index (χ2n) is 4.38. The highest BCUT2D eigenvalue weighted by molar-refractivity contribution is 9.10. The van der Waals surface area contributed by atoms with Crippen molar-refractivity contribution in [2.24, 2.45) is 0 Å². The van der Waals surface area contributed by atoms with E-state index in [-0.39, 0.29) is 11.7 Å². The third-order valence-corrected chi connectivity index (χ3v) is 5.72. The summed E-state index contributed by atoms with van der Waals surface area (Å²) in [5.41, 5.74) is 0.976. The van der Waals surface area contributed by atoms with Crippen LogP contribution in [0.1, 0.15) is 24.3 Å². The maximum atomic E-state index is 12.0. The quantitative estimate of drug-likeness (QED) is 0.867. The fourth-order valence-electron chi connectivity index (χ4n) is 2.38. The average Bonchev–Trinajstić information content (AvgIpc) is 2.53. The third-order valence-electron chi connectivity index (χ3n) is 3.16. The smallest absolute Gasteiger partial charge is 0.179 e. The van der Waals surface area contributed by atoms with Gasteiger partial charge >= 0.3 is 0 Å². The number of nitrogens with one attached hydrogen (secondary N) is 1. The molecule has 3 nitrogen and oxygen atoms in total. The van der Waals surface area contributed by atoms with Crippen LogP contribution in [0.2, 0.25) is 0 Å². The van der Waals surface area contributed by atoms with E-state index in [1.807, 2.05) is 13.1 Å². The molecule has 2 rings (SSSR count).